The van der Waals surface area contributed by atoms with E-state index in [0.29, 0.717) is 80.9 Å². The van der Waals surface area contributed by atoms with Crippen molar-refractivity contribution in [2.24, 2.45) is 5.73 Å². The van der Waals surface area contributed by atoms with E-state index in [1.54, 1.807) is 35.2 Å². The number of halogens is 2. The summed E-state index contributed by atoms with van der Waals surface area (Å²) in [5.74, 6) is 0.879. The smallest absolute Gasteiger partial charge is 0.296 e. The maximum atomic E-state index is 14.0. The molecule has 0 bridgehead atoms. The molecule has 2 fully saturated rings. The molecule has 1 amide bonds. The second-order valence-corrected chi connectivity index (χ2v) is 8.61. The Labute approximate surface area is 201 Å². The van der Waals surface area contributed by atoms with Crippen LogP contribution in [-0.2, 0) is 9.53 Å². The number of para-hydroxylation sites is 2. The van der Waals surface area contributed by atoms with E-state index >= 15 is 0 Å². The van der Waals surface area contributed by atoms with Crippen LogP contribution in [0.25, 0.3) is 16.9 Å². The van der Waals surface area contributed by atoms with E-state index in [1.165, 1.54) is 4.57 Å². The predicted molar refractivity (Wildman–Crippen MR) is 127 cm³/mol. The highest BCUT2D eigenvalue weighted by molar-refractivity contribution is 5.78. The Morgan fingerprint density at radius 2 is 1.80 bits per heavy atom. The highest BCUT2D eigenvalue weighted by Crippen LogP contribution is 2.29. The van der Waals surface area contributed by atoms with Crippen LogP contribution >= 0.6 is 0 Å². The first kappa shape index (κ1) is 23.4. The molecule has 5 rings (SSSR count). The number of aromatic nitrogens is 4. The molecule has 0 atom stereocenters. The fourth-order valence-electron chi connectivity index (χ4n) is 4.57. The number of benzene rings is 1. The molecule has 4 heterocycles. The van der Waals surface area contributed by atoms with Gasteiger partial charge in [-0.2, -0.15) is 9.97 Å². The Morgan fingerprint density at radius 1 is 1.09 bits per heavy atom. The second-order valence-electron chi connectivity index (χ2n) is 8.61. The van der Waals surface area contributed by atoms with Gasteiger partial charge in [-0.25, -0.2) is 13.8 Å². The summed E-state index contributed by atoms with van der Waals surface area (Å²) in [6.07, 6.45) is -1.35. The molecular formula is C23H28F2N8O2. The highest BCUT2D eigenvalue weighted by Gasteiger charge is 2.25. The Balaban J connectivity index is 1.50. The molecule has 1 aromatic carbocycles. The van der Waals surface area contributed by atoms with Crippen LogP contribution in [0.5, 0.6) is 0 Å². The summed E-state index contributed by atoms with van der Waals surface area (Å²) in [5, 5.41) is 3.37. The first-order valence-electron chi connectivity index (χ1n) is 11.8. The molecule has 186 valence electrons. The van der Waals surface area contributed by atoms with Crippen LogP contribution in [0.2, 0.25) is 0 Å². The van der Waals surface area contributed by atoms with Gasteiger partial charge in [0.15, 0.2) is 5.82 Å². The number of carbonyl (C=O) groups excluding carboxylic acids is 1. The summed E-state index contributed by atoms with van der Waals surface area (Å²) in [6.45, 7) is 3.58. The van der Waals surface area contributed by atoms with Crippen LogP contribution < -0.4 is 16.0 Å². The number of nitrogens with zero attached hydrogens (tertiary/aromatic N) is 6. The molecule has 12 heteroatoms. The van der Waals surface area contributed by atoms with Gasteiger partial charge in [0.1, 0.15) is 11.6 Å². The number of hydrogen-bond acceptors (Lipinski definition) is 8. The van der Waals surface area contributed by atoms with Gasteiger partial charge in [0, 0.05) is 38.3 Å². The number of nitrogens with one attached hydrogen (secondary N) is 1. The lowest BCUT2D eigenvalue weighted by Crippen LogP contribution is -2.44. The van der Waals surface area contributed by atoms with E-state index in [0.717, 1.165) is 0 Å². The SMILES string of the molecule is NCC(=O)N1CCC(Nc2nc(N3CCOCC3)cc(-n3c(C(F)F)nc4ccccc43)n2)CC1. The number of piperidine rings is 1. The van der Waals surface area contributed by atoms with Gasteiger partial charge in [0.25, 0.3) is 6.43 Å². The molecule has 0 aliphatic carbocycles. The number of imidazole rings is 1. The molecule has 10 nitrogen and oxygen atoms in total. The number of ether oxygens (including phenoxy) is 1. The maximum absolute atomic E-state index is 14.0. The lowest BCUT2D eigenvalue weighted by molar-refractivity contribution is -0.130. The number of nitrogens with two attached hydrogens (primary N) is 1. The van der Waals surface area contributed by atoms with Gasteiger partial charge in [0.05, 0.1) is 30.8 Å². The number of fused-ring (bicyclic) bond motifs is 1. The number of likely N-dealkylation sites (tertiary alicyclic amines) is 1. The number of alkyl halides is 2. The van der Waals surface area contributed by atoms with E-state index in [9.17, 15) is 13.6 Å². The Hall–Kier alpha value is -3.38. The number of carbonyl (C=O) groups is 1. The van der Waals surface area contributed by atoms with Gasteiger partial charge in [-0.3, -0.25) is 9.36 Å². The third-order valence-corrected chi connectivity index (χ3v) is 6.40. The predicted octanol–water partition coefficient (Wildman–Crippen LogP) is 1.95. The summed E-state index contributed by atoms with van der Waals surface area (Å²) in [7, 11) is 0. The number of hydrogen-bond donors (Lipinski definition) is 2. The quantitative estimate of drug-likeness (QED) is 0.544. The van der Waals surface area contributed by atoms with E-state index < -0.39 is 6.43 Å². The summed E-state index contributed by atoms with van der Waals surface area (Å²) < 4.78 is 34.9. The molecule has 0 radical (unpaired) electrons. The number of rotatable bonds is 6. The first-order chi connectivity index (χ1) is 17.0. The highest BCUT2D eigenvalue weighted by atomic mass is 19.3. The van der Waals surface area contributed by atoms with E-state index in [-0.39, 0.29) is 24.3 Å². The lowest BCUT2D eigenvalue weighted by Gasteiger charge is -2.32. The second kappa shape index (κ2) is 10.1. The van der Waals surface area contributed by atoms with Crippen LogP contribution in [0.15, 0.2) is 30.3 Å². The van der Waals surface area contributed by atoms with Crippen molar-refractivity contribution < 1.29 is 18.3 Å². The molecule has 2 saturated heterocycles. The van der Waals surface area contributed by atoms with Crippen LogP contribution in [-0.4, -0.2) is 82.3 Å². The summed E-state index contributed by atoms with van der Waals surface area (Å²) in [4.78, 5) is 29.2. The summed E-state index contributed by atoms with van der Waals surface area (Å²) >= 11 is 0. The van der Waals surface area contributed by atoms with E-state index in [1.807, 2.05) is 0 Å². The number of morpholine rings is 1. The molecule has 2 aromatic heterocycles. The van der Waals surface area contributed by atoms with E-state index in [4.69, 9.17) is 15.5 Å². The average molecular weight is 487 g/mol. The van der Waals surface area contributed by atoms with Crippen molar-refractivity contribution >= 4 is 28.7 Å². The normalized spacial score (nSPS) is 17.4. The average Bonchev–Trinajstić information content (AvgIpc) is 3.29. The maximum Gasteiger partial charge on any atom is 0.296 e. The van der Waals surface area contributed by atoms with Crippen LogP contribution in [0.3, 0.4) is 0 Å². The summed E-state index contributed by atoms with van der Waals surface area (Å²) in [5.41, 5.74) is 6.51. The molecule has 0 saturated carbocycles. The minimum absolute atomic E-state index is 0.00249. The van der Waals surface area contributed by atoms with E-state index in [2.05, 4.69) is 20.2 Å². The zero-order valence-electron chi connectivity index (χ0n) is 19.2. The Morgan fingerprint density at radius 3 is 2.51 bits per heavy atom. The minimum atomic E-state index is -2.77. The summed E-state index contributed by atoms with van der Waals surface area (Å²) in [6, 6.07) is 8.77. The zero-order valence-corrected chi connectivity index (χ0v) is 19.2. The minimum Gasteiger partial charge on any atom is -0.378 e. The molecule has 0 spiro atoms. The molecule has 35 heavy (non-hydrogen) atoms. The standard InChI is InChI=1S/C23H28F2N8O2/c24-21(25)22-28-16-3-1-2-4-17(16)33(22)19-13-18(31-9-11-35-12-10-31)29-23(30-19)27-15-5-7-32(8-6-15)20(34)14-26/h1-4,13,15,21H,5-12,14,26H2,(H,27,29,30). The van der Waals surface area contributed by atoms with Gasteiger partial charge in [-0.1, -0.05) is 12.1 Å². The monoisotopic (exact) mass is 486 g/mol. The van der Waals surface area contributed by atoms with Gasteiger partial charge in [-0.05, 0) is 25.0 Å². The van der Waals surface area contributed by atoms with Gasteiger partial charge in [-0.15, -0.1) is 0 Å². The van der Waals surface area contributed by atoms with Crippen molar-refractivity contribution in [3.8, 4) is 5.82 Å². The molecule has 3 aromatic rings. The molecular weight excluding hydrogens is 458 g/mol. The first-order valence-corrected chi connectivity index (χ1v) is 11.8. The third kappa shape index (κ3) is 4.89. The van der Waals surface area contributed by atoms with Crippen LogP contribution in [0.4, 0.5) is 20.5 Å². The van der Waals surface area contributed by atoms with Crippen molar-refractivity contribution in [3.63, 3.8) is 0 Å². The fraction of sp³-hybridized carbons (Fsp3) is 0.478. The van der Waals surface area contributed by atoms with Gasteiger partial charge < -0.3 is 25.6 Å². The molecule has 0 unspecified atom stereocenters. The van der Waals surface area contributed by atoms with Crippen molar-refractivity contribution in [1.82, 2.24) is 24.4 Å². The number of amides is 1. The third-order valence-electron chi connectivity index (χ3n) is 6.40. The van der Waals surface area contributed by atoms with Gasteiger partial charge >= 0.3 is 0 Å². The molecule has 2 aliphatic rings. The fourth-order valence-corrected chi connectivity index (χ4v) is 4.57. The van der Waals surface area contributed by atoms with Crippen molar-refractivity contribution in [3.05, 3.63) is 36.2 Å². The topological polar surface area (TPSA) is 114 Å². The lowest BCUT2D eigenvalue weighted by atomic mass is 10.1. The largest absolute Gasteiger partial charge is 0.378 e. The molecule has 2 aliphatic heterocycles. The molecule has 3 N–H and O–H groups in total. The van der Waals surface area contributed by atoms with Crippen molar-refractivity contribution in [2.45, 2.75) is 25.3 Å². The van der Waals surface area contributed by atoms with Crippen LogP contribution in [0.1, 0.15) is 25.1 Å². The Bertz CT molecular complexity index is 1190. The van der Waals surface area contributed by atoms with Crippen molar-refractivity contribution in [1.29, 1.82) is 0 Å². The Kier molecular flexibility index (Phi) is 6.73. The zero-order chi connectivity index (χ0) is 24.4. The van der Waals surface area contributed by atoms with Gasteiger partial charge in [0.2, 0.25) is 11.9 Å². The van der Waals surface area contributed by atoms with Crippen molar-refractivity contribution in [2.75, 3.05) is 56.2 Å². The van der Waals surface area contributed by atoms with Crippen LogP contribution in [0, 0.1) is 0 Å². The number of anilines is 2.